The van der Waals surface area contributed by atoms with Gasteiger partial charge in [0.15, 0.2) is 0 Å². The predicted octanol–water partition coefficient (Wildman–Crippen LogP) is 2.36. The van der Waals surface area contributed by atoms with Crippen molar-refractivity contribution in [2.75, 3.05) is 6.61 Å². The molecule has 3 aliphatic rings. The van der Waals surface area contributed by atoms with Crippen molar-refractivity contribution in [1.29, 1.82) is 0 Å². The molecule has 0 aromatic carbocycles. The summed E-state index contributed by atoms with van der Waals surface area (Å²) in [5.74, 6) is 0. The second-order valence-corrected chi connectivity index (χ2v) is 4.03. The van der Waals surface area contributed by atoms with Gasteiger partial charge in [-0.15, -0.1) is 0 Å². The van der Waals surface area contributed by atoms with Crippen molar-refractivity contribution in [2.45, 2.75) is 45.1 Å². The second-order valence-electron chi connectivity index (χ2n) is 4.03. The summed E-state index contributed by atoms with van der Waals surface area (Å²) in [6.07, 6.45) is 5.21. The molecule has 2 bridgehead atoms. The highest BCUT2D eigenvalue weighted by molar-refractivity contribution is 5.09. The van der Waals surface area contributed by atoms with Crippen LogP contribution in [0.2, 0.25) is 0 Å². The summed E-state index contributed by atoms with van der Waals surface area (Å²) in [5, 5.41) is 0. The van der Waals surface area contributed by atoms with Crippen molar-refractivity contribution in [3.63, 3.8) is 0 Å². The Bertz CT molecular complexity index is 129. The van der Waals surface area contributed by atoms with Crippen molar-refractivity contribution in [3.8, 4) is 0 Å². The van der Waals surface area contributed by atoms with E-state index >= 15 is 0 Å². The maximum absolute atomic E-state index is 5.76. The first-order valence-corrected chi connectivity index (χ1v) is 4.38. The van der Waals surface area contributed by atoms with E-state index in [2.05, 4.69) is 13.8 Å². The highest BCUT2D eigenvalue weighted by Gasteiger charge is 2.59. The van der Waals surface area contributed by atoms with Gasteiger partial charge in [0.2, 0.25) is 0 Å². The molecule has 1 aliphatic carbocycles. The Labute approximate surface area is 62.8 Å². The van der Waals surface area contributed by atoms with Gasteiger partial charge in [0, 0.05) is 0 Å². The molecular weight excluding hydrogens is 124 g/mol. The molecule has 0 spiro atoms. The molecule has 0 atom stereocenters. The first-order valence-electron chi connectivity index (χ1n) is 4.38. The predicted molar refractivity (Wildman–Crippen MR) is 40.9 cm³/mol. The van der Waals surface area contributed by atoms with Crippen LogP contribution < -0.4 is 0 Å². The van der Waals surface area contributed by atoms with Crippen LogP contribution in [-0.2, 0) is 4.74 Å². The lowest BCUT2D eigenvalue weighted by Gasteiger charge is -2.43. The molecule has 2 heterocycles. The lowest BCUT2D eigenvalue weighted by atomic mass is 9.60. The van der Waals surface area contributed by atoms with Gasteiger partial charge in [-0.2, -0.15) is 0 Å². The fourth-order valence-corrected chi connectivity index (χ4v) is 2.53. The Balaban J connectivity index is 2.06. The molecule has 2 saturated heterocycles. The van der Waals surface area contributed by atoms with E-state index in [4.69, 9.17) is 4.74 Å². The number of fused-ring (bicyclic) bond motifs is 1. The summed E-state index contributed by atoms with van der Waals surface area (Å²) in [5.41, 5.74) is 0.964. The van der Waals surface area contributed by atoms with Crippen molar-refractivity contribution in [3.05, 3.63) is 0 Å². The van der Waals surface area contributed by atoms with E-state index in [0.29, 0.717) is 11.0 Å². The van der Waals surface area contributed by atoms with E-state index < -0.39 is 0 Å². The van der Waals surface area contributed by atoms with Crippen LogP contribution in [0.4, 0.5) is 0 Å². The van der Waals surface area contributed by atoms with Gasteiger partial charge in [0.05, 0.1) is 12.2 Å². The number of rotatable bonds is 2. The zero-order valence-corrected chi connectivity index (χ0v) is 6.94. The number of hydrogen-bond acceptors (Lipinski definition) is 1. The fraction of sp³-hybridized carbons (Fsp3) is 1.00. The van der Waals surface area contributed by atoms with Crippen LogP contribution in [0.15, 0.2) is 0 Å². The quantitative estimate of drug-likeness (QED) is 0.572. The van der Waals surface area contributed by atoms with Crippen molar-refractivity contribution >= 4 is 0 Å². The van der Waals surface area contributed by atoms with E-state index in [-0.39, 0.29) is 0 Å². The molecule has 58 valence electrons. The Morgan fingerprint density at radius 2 is 1.90 bits per heavy atom. The molecule has 3 rings (SSSR count). The zero-order chi connectivity index (χ0) is 7.24. The smallest absolute Gasteiger partial charge is 0.0692 e. The van der Waals surface area contributed by atoms with Gasteiger partial charge in [0.1, 0.15) is 0 Å². The van der Waals surface area contributed by atoms with Gasteiger partial charge in [-0.1, -0.05) is 13.8 Å². The Morgan fingerprint density at radius 1 is 1.20 bits per heavy atom. The first-order chi connectivity index (χ1) is 4.74. The Kier molecular flexibility index (Phi) is 1.17. The van der Waals surface area contributed by atoms with E-state index in [1.54, 1.807) is 0 Å². The molecular formula is C9H16O. The van der Waals surface area contributed by atoms with Gasteiger partial charge in [-0.05, 0) is 31.1 Å². The summed E-state index contributed by atoms with van der Waals surface area (Å²) in [6, 6.07) is 0. The largest absolute Gasteiger partial charge is 0.374 e. The highest BCUT2D eigenvalue weighted by Crippen LogP contribution is 2.60. The first kappa shape index (κ1) is 6.66. The topological polar surface area (TPSA) is 9.23 Å². The minimum Gasteiger partial charge on any atom is -0.374 e. The molecule has 1 nitrogen and oxygen atoms in total. The van der Waals surface area contributed by atoms with Gasteiger partial charge in [0.25, 0.3) is 0 Å². The molecule has 0 unspecified atom stereocenters. The number of ether oxygens (including phenoxy) is 1. The van der Waals surface area contributed by atoms with Gasteiger partial charge in [-0.25, -0.2) is 0 Å². The molecule has 1 heteroatoms. The number of hydrogen-bond donors (Lipinski definition) is 0. The van der Waals surface area contributed by atoms with Crippen LogP contribution in [-0.4, -0.2) is 12.2 Å². The molecule has 0 aromatic heterocycles. The van der Waals surface area contributed by atoms with E-state index in [1.165, 1.54) is 25.7 Å². The Hall–Kier alpha value is -0.0400. The van der Waals surface area contributed by atoms with Crippen molar-refractivity contribution in [1.82, 2.24) is 0 Å². The van der Waals surface area contributed by atoms with Gasteiger partial charge in [-0.3, -0.25) is 0 Å². The normalized spacial score (nSPS) is 51.0. The molecule has 0 amide bonds. The molecule has 0 aromatic rings. The average Bonchev–Trinajstić information content (AvgIpc) is 2.40. The lowest BCUT2D eigenvalue weighted by molar-refractivity contribution is -0.0188. The minimum absolute atomic E-state index is 0.343. The van der Waals surface area contributed by atoms with Crippen LogP contribution in [0, 0.1) is 5.41 Å². The lowest BCUT2D eigenvalue weighted by Crippen LogP contribution is -2.43. The summed E-state index contributed by atoms with van der Waals surface area (Å²) in [7, 11) is 0. The SMILES string of the molecule is CCC12COC(CC)(C1)C2. The molecule has 1 saturated carbocycles. The van der Waals surface area contributed by atoms with Crippen LogP contribution in [0.3, 0.4) is 0 Å². The average molecular weight is 140 g/mol. The third-order valence-corrected chi connectivity index (χ3v) is 3.47. The molecule has 2 aliphatic heterocycles. The third kappa shape index (κ3) is 0.619. The van der Waals surface area contributed by atoms with Crippen LogP contribution in [0.1, 0.15) is 39.5 Å². The van der Waals surface area contributed by atoms with Crippen molar-refractivity contribution in [2.24, 2.45) is 5.41 Å². The maximum Gasteiger partial charge on any atom is 0.0692 e. The van der Waals surface area contributed by atoms with E-state index in [1.807, 2.05) is 0 Å². The van der Waals surface area contributed by atoms with Crippen LogP contribution >= 0.6 is 0 Å². The zero-order valence-electron chi connectivity index (χ0n) is 6.94. The summed E-state index contributed by atoms with van der Waals surface area (Å²) in [6.45, 7) is 5.57. The minimum atomic E-state index is 0.343. The van der Waals surface area contributed by atoms with E-state index in [0.717, 1.165) is 6.61 Å². The highest BCUT2D eigenvalue weighted by atomic mass is 16.5. The summed E-state index contributed by atoms with van der Waals surface area (Å²) < 4.78 is 5.76. The second kappa shape index (κ2) is 1.76. The van der Waals surface area contributed by atoms with Crippen LogP contribution in [0.25, 0.3) is 0 Å². The maximum atomic E-state index is 5.76. The molecule has 10 heavy (non-hydrogen) atoms. The summed E-state index contributed by atoms with van der Waals surface area (Å²) >= 11 is 0. The van der Waals surface area contributed by atoms with Crippen molar-refractivity contribution < 1.29 is 4.74 Å². The molecule has 0 radical (unpaired) electrons. The monoisotopic (exact) mass is 140 g/mol. The molecule has 0 N–H and O–H groups in total. The molecule has 3 fully saturated rings. The van der Waals surface area contributed by atoms with Gasteiger partial charge >= 0.3 is 0 Å². The summed E-state index contributed by atoms with van der Waals surface area (Å²) in [4.78, 5) is 0. The standard InChI is InChI=1S/C9H16O/c1-3-8-5-9(4-2,6-8)10-7-8/h3-7H2,1-2H3. The third-order valence-electron chi connectivity index (χ3n) is 3.47. The van der Waals surface area contributed by atoms with Gasteiger partial charge < -0.3 is 4.74 Å². The fourth-order valence-electron chi connectivity index (χ4n) is 2.53. The van der Waals surface area contributed by atoms with Crippen LogP contribution in [0.5, 0.6) is 0 Å². The van der Waals surface area contributed by atoms with E-state index in [9.17, 15) is 0 Å². The Morgan fingerprint density at radius 3 is 2.20 bits per heavy atom.